The van der Waals surface area contributed by atoms with E-state index < -0.39 is 12.1 Å². The van der Waals surface area contributed by atoms with Gasteiger partial charge in [0.2, 0.25) is 0 Å². The van der Waals surface area contributed by atoms with E-state index in [1.165, 1.54) is 0 Å². The molecule has 3 nitrogen and oxygen atoms in total. The largest absolute Gasteiger partial charge is 0.478 e. The van der Waals surface area contributed by atoms with Gasteiger partial charge in [-0.05, 0) is 35.2 Å². The standard InChI is InChI=1S/C18H19ClO3/c1-12(2)15-5-3-4-6-16(15)22-17(18(20)21)11-13-7-9-14(19)10-8-13/h3-10,12,17H,11H2,1-2H3,(H,20,21). The Hall–Kier alpha value is -2.00. The van der Waals surface area contributed by atoms with E-state index in [9.17, 15) is 9.90 Å². The molecule has 0 aliphatic rings. The van der Waals surface area contributed by atoms with Crippen LogP contribution in [0.15, 0.2) is 48.5 Å². The van der Waals surface area contributed by atoms with E-state index in [-0.39, 0.29) is 5.92 Å². The smallest absolute Gasteiger partial charge is 0.345 e. The second-order valence-electron chi connectivity index (χ2n) is 5.47. The lowest BCUT2D eigenvalue weighted by atomic mass is 10.0. The molecule has 0 spiro atoms. The minimum atomic E-state index is -0.978. The summed E-state index contributed by atoms with van der Waals surface area (Å²) in [6, 6.07) is 14.7. The third kappa shape index (κ3) is 4.25. The third-order valence-electron chi connectivity index (χ3n) is 3.42. The predicted octanol–water partition coefficient (Wildman–Crippen LogP) is 4.54. The zero-order chi connectivity index (χ0) is 16.1. The monoisotopic (exact) mass is 318 g/mol. The van der Waals surface area contributed by atoms with Crippen molar-refractivity contribution in [2.75, 3.05) is 0 Å². The fourth-order valence-electron chi connectivity index (χ4n) is 2.23. The van der Waals surface area contributed by atoms with E-state index in [0.717, 1.165) is 11.1 Å². The van der Waals surface area contributed by atoms with Gasteiger partial charge in [0, 0.05) is 11.4 Å². The van der Waals surface area contributed by atoms with Crippen molar-refractivity contribution in [1.29, 1.82) is 0 Å². The Morgan fingerprint density at radius 2 is 1.77 bits per heavy atom. The van der Waals surface area contributed by atoms with Gasteiger partial charge in [-0.3, -0.25) is 0 Å². The van der Waals surface area contributed by atoms with Gasteiger partial charge in [-0.2, -0.15) is 0 Å². The SMILES string of the molecule is CC(C)c1ccccc1OC(Cc1ccc(Cl)cc1)C(=O)O. The van der Waals surface area contributed by atoms with Gasteiger partial charge in [-0.1, -0.05) is 55.8 Å². The Bertz CT molecular complexity index is 635. The molecule has 0 aromatic heterocycles. The van der Waals surface area contributed by atoms with Crippen LogP contribution in [0.2, 0.25) is 5.02 Å². The molecule has 2 aromatic carbocycles. The van der Waals surface area contributed by atoms with Crippen LogP contribution >= 0.6 is 11.6 Å². The zero-order valence-corrected chi connectivity index (χ0v) is 13.4. The number of hydrogen-bond donors (Lipinski definition) is 1. The molecule has 0 bridgehead atoms. The number of hydrogen-bond acceptors (Lipinski definition) is 2. The molecule has 116 valence electrons. The second-order valence-corrected chi connectivity index (χ2v) is 5.90. The first-order chi connectivity index (χ1) is 10.5. The summed E-state index contributed by atoms with van der Waals surface area (Å²) in [7, 11) is 0. The Labute approximate surface area is 135 Å². The maximum absolute atomic E-state index is 11.5. The Morgan fingerprint density at radius 1 is 1.14 bits per heavy atom. The van der Waals surface area contributed by atoms with Crippen LogP contribution in [0.25, 0.3) is 0 Å². The van der Waals surface area contributed by atoms with Crippen molar-refractivity contribution < 1.29 is 14.6 Å². The minimum Gasteiger partial charge on any atom is -0.478 e. The van der Waals surface area contributed by atoms with Gasteiger partial charge in [0.25, 0.3) is 0 Å². The highest BCUT2D eigenvalue weighted by atomic mass is 35.5. The predicted molar refractivity (Wildman–Crippen MR) is 87.7 cm³/mol. The lowest BCUT2D eigenvalue weighted by Gasteiger charge is -2.19. The number of halogens is 1. The van der Waals surface area contributed by atoms with Gasteiger partial charge in [0.1, 0.15) is 5.75 Å². The number of ether oxygens (including phenoxy) is 1. The Balaban J connectivity index is 2.19. The van der Waals surface area contributed by atoms with Crippen molar-refractivity contribution >= 4 is 17.6 Å². The molecule has 0 fully saturated rings. The summed E-state index contributed by atoms with van der Waals surface area (Å²) in [6.45, 7) is 4.11. The van der Waals surface area contributed by atoms with Crippen LogP contribution in [-0.4, -0.2) is 17.2 Å². The second kappa shape index (κ2) is 7.32. The fraction of sp³-hybridized carbons (Fsp3) is 0.278. The summed E-state index contributed by atoms with van der Waals surface area (Å²) >= 11 is 5.85. The molecule has 0 aliphatic carbocycles. The number of rotatable bonds is 6. The highest BCUT2D eigenvalue weighted by Gasteiger charge is 2.21. The van der Waals surface area contributed by atoms with Gasteiger partial charge in [-0.15, -0.1) is 0 Å². The molecule has 0 saturated heterocycles. The van der Waals surface area contributed by atoms with Gasteiger partial charge in [0.15, 0.2) is 6.10 Å². The summed E-state index contributed by atoms with van der Waals surface area (Å²) in [5.41, 5.74) is 1.88. The molecule has 1 N–H and O–H groups in total. The van der Waals surface area contributed by atoms with Crippen molar-refractivity contribution in [3.05, 3.63) is 64.7 Å². The highest BCUT2D eigenvalue weighted by Crippen LogP contribution is 2.27. The molecule has 0 saturated carbocycles. The minimum absolute atomic E-state index is 0.265. The first-order valence-electron chi connectivity index (χ1n) is 7.20. The average molecular weight is 319 g/mol. The zero-order valence-electron chi connectivity index (χ0n) is 12.6. The number of carbonyl (C=O) groups is 1. The molecule has 0 aliphatic heterocycles. The van der Waals surface area contributed by atoms with E-state index in [2.05, 4.69) is 13.8 Å². The molecule has 1 unspecified atom stereocenters. The van der Waals surface area contributed by atoms with Crippen LogP contribution in [0, 0.1) is 0 Å². The lowest BCUT2D eigenvalue weighted by molar-refractivity contribution is -0.145. The third-order valence-corrected chi connectivity index (χ3v) is 3.67. The Morgan fingerprint density at radius 3 is 2.36 bits per heavy atom. The first kappa shape index (κ1) is 16.4. The van der Waals surface area contributed by atoms with Crippen molar-refractivity contribution in [1.82, 2.24) is 0 Å². The van der Waals surface area contributed by atoms with Crippen LogP contribution in [0.3, 0.4) is 0 Å². The van der Waals surface area contributed by atoms with E-state index >= 15 is 0 Å². The number of para-hydroxylation sites is 1. The molecule has 1 atom stereocenters. The molecule has 2 rings (SSSR count). The molecule has 0 amide bonds. The van der Waals surface area contributed by atoms with Gasteiger partial charge in [-0.25, -0.2) is 4.79 Å². The van der Waals surface area contributed by atoms with E-state index in [0.29, 0.717) is 17.2 Å². The summed E-state index contributed by atoms with van der Waals surface area (Å²) in [6.07, 6.45) is -0.639. The number of carboxylic acids is 1. The van der Waals surface area contributed by atoms with Crippen molar-refractivity contribution in [2.45, 2.75) is 32.3 Å². The maximum Gasteiger partial charge on any atom is 0.345 e. The first-order valence-corrected chi connectivity index (χ1v) is 7.58. The normalized spacial score (nSPS) is 12.2. The maximum atomic E-state index is 11.5. The number of benzene rings is 2. The van der Waals surface area contributed by atoms with Gasteiger partial charge >= 0.3 is 5.97 Å². The molecule has 0 heterocycles. The fourth-order valence-corrected chi connectivity index (χ4v) is 2.36. The Kier molecular flexibility index (Phi) is 5.45. The van der Waals surface area contributed by atoms with Crippen LogP contribution < -0.4 is 4.74 Å². The van der Waals surface area contributed by atoms with Crippen molar-refractivity contribution in [3.63, 3.8) is 0 Å². The molecule has 4 heteroatoms. The van der Waals surface area contributed by atoms with E-state index in [4.69, 9.17) is 16.3 Å². The van der Waals surface area contributed by atoms with Crippen LogP contribution in [0.5, 0.6) is 5.75 Å². The number of carboxylic acid groups (broad SMARTS) is 1. The van der Waals surface area contributed by atoms with Crippen LogP contribution in [0.1, 0.15) is 30.9 Å². The molecular formula is C18H19ClO3. The van der Waals surface area contributed by atoms with Crippen molar-refractivity contribution in [3.8, 4) is 5.75 Å². The quantitative estimate of drug-likeness (QED) is 0.850. The molecular weight excluding hydrogens is 300 g/mol. The molecule has 2 aromatic rings. The summed E-state index contributed by atoms with van der Waals surface area (Å²) in [5, 5.41) is 10.1. The highest BCUT2D eigenvalue weighted by molar-refractivity contribution is 6.30. The molecule has 0 radical (unpaired) electrons. The summed E-state index contributed by atoms with van der Waals surface area (Å²) in [5.74, 6) is -0.0893. The molecule has 22 heavy (non-hydrogen) atoms. The number of aliphatic carboxylic acids is 1. The lowest BCUT2D eigenvalue weighted by Crippen LogP contribution is -2.29. The topological polar surface area (TPSA) is 46.5 Å². The average Bonchev–Trinajstić information content (AvgIpc) is 2.49. The van der Waals surface area contributed by atoms with E-state index in [1.807, 2.05) is 36.4 Å². The van der Waals surface area contributed by atoms with Crippen LogP contribution in [-0.2, 0) is 11.2 Å². The van der Waals surface area contributed by atoms with Gasteiger partial charge in [0.05, 0.1) is 0 Å². The van der Waals surface area contributed by atoms with Crippen molar-refractivity contribution in [2.24, 2.45) is 0 Å². The van der Waals surface area contributed by atoms with Gasteiger partial charge < -0.3 is 9.84 Å². The van der Waals surface area contributed by atoms with E-state index in [1.54, 1.807) is 12.1 Å². The van der Waals surface area contributed by atoms with Crippen LogP contribution in [0.4, 0.5) is 0 Å². The summed E-state index contributed by atoms with van der Waals surface area (Å²) in [4.78, 5) is 11.5. The summed E-state index contributed by atoms with van der Waals surface area (Å²) < 4.78 is 5.77.